The molecule has 0 saturated carbocycles. The number of carbonyl (C=O) groups is 2. The Bertz CT molecular complexity index is 1110. The van der Waals surface area contributed by atoms with Crippen molar-refractivity contribution in [3.8, 4) is 0 Å². The first-order valence-corrected chi connectivity index (χ1v) is 12.1. The van der Waals surface area contributed by atoms with E-state index in [0.29, 0.717) is 42.5 Å². The van der Waals surface area contributed by atoms with Gasteiger partial charge in [-0.2, -0.15) is 0 Å². The largest absolute Gasteiger partial charge is 0.361 e. The molecular weight excluding hydrogens is 457 g/mol. The molecule has 0 radical (unpaired) electrons. The van der Waals surface area contributed by atoms with E-state index in [2.05, 4.69) is 11.1 Å². The number of benzene rings is 2. The highest BCUT2D eigenvalue weighted by atomic mass is 35.5. The summed E-state index contributed by atoms with van der Waals surface area (Å²) in [6, 6.07) is 13.5. The van der Waals surface area contributed by atoms with Crippen LogP contribution >= 0.6 is 23.2 Å². The minimum atomic E-state index is -0.0802. The first kappa shape index (κ1) is 25.1. The number of aromatic nitrogens is 1. The molecule has 0 aliphatic heterocycles. The Morgan fingerprint density at radius 2 is 1.76 bits per heavy atom. The minimum Gasteiger partial charge on any atom is -0.361 e. The fourth-order valence-corrected chi connectivity index (χ4v) is 4.25. The van der Waals surface area contributed by atoms with Crippen LogP contribution in [0.3, 0.4) is 0 Å². The van der Waals surface area contributed by atoms with E-state index >= 15 is 0 Å². The molecule has 0 fully saturated rings. The zero-order valence-corrected chi connectivity index (χ0v) is 20.9. The third-order valence-corrected chi connectivity index (χ3v) is 6.34. The summed E-state index contributed by atoms with van der Waals surface area (Å²) in [5.41, 5.74) is 3.13. The van der Waals surface area contributed by atoms with Crippen LogP contribution < -0.4 is 0 Å². The molecule has 3 rings (SSSR count). The van der Waals surface area contributed by atoms with Crippen LogP contribution in [0, 0.1) is 5.92 Å². The van der Waals surface area contributed by atoms with E-state index in [9.17, 15) is 9.59 Å². The van der Waals surface area contributed by atoms with Crippen LogP contribution in [-0.2, 0) is 22.6 Å². The lowest BCUT2D eigenvalue weighted by Crippen LogP contribution is -2.44. The zero-order chi connectivity index (χ0) is 24.0. The number of nitrogens with zero attached hydrogens (tertiary/aromatic N) is 2. The highest BCUT2D eigenvalue weighted by Gasteiger charge is 2.22. The van der Waals surface area contributed by atoms with Gasteiger partial charge in [0.25, 0.3) is 0 Å². The fourth-order valence-electron chi connectivity index (χ4n) is 3.93. The van der Waals surface area contributed by atoms with E-state index in [0.717, 1.165) is 22.0 Å². The van der Waals surface area contributed by atoms with Crippen molar-refractivity contribution in [1.29, 1.82) is 0 Å². The molecule has 7 heteroatoms. The average molecular weight is 488 g/mol. The number of hydrogen-bond acceptors (Lipinski definition) is 2. The molecule has 0 unspecified atom stereocenters. The third-order valence-electron chi connectivity index (χ3n) is 5.60. The Labute approximate surface area is 205 Å². The van der Waals surface area contributed by atoms with Gasteiger partial charge in [0.05, 0.1) is 16.6 Å². The molecular formula is C26H31Cl2N3O2. The average Bonchev–Trinajstić information content (AvgIpc) is 3.20. The van der Waals surface area contributed by atoms with Crippen LogP contribution in [0.1, 0.15) is 38.3 Å². The lowest BCUT2D eigenvalue weighted by molar-refractivity contribution is -0.141. The number of H-pyrrole nitrogens is 1. The number of halogens is 2. The number of nitrogens with one attached hydrogen (secondary N) is 1. The number of fused-ring (bicyclic) bond motifs is 1. The summed E-state index contributed by atoms with van der Waals surface area (Å²) in [4.78, 5) is 32.6. The summed E-state index contributed by atoms with van der Waals surface area (Å²) in [7, 11) is 0. The Kier molecular flexibility index (Phi) is 8.81. The van der Waals surface area contributed by atoms with Crippen molar-refractivity contribution >= 4 is 45.9 Å². The molecule has 5 nitrogen and oxygen atoms in total. The lowest BCUT2D eigenvalue weighted by atomic mass is 10.1. The fraction of sp³-hybridized carbons (Fsp3) is 0.385. The molecule has 1 heterocycles. The van der Waals surface area contributed by atoms with E-state index in [1.165, 1.54) is 0 Å². The van der Waals surface area contributed by atoms with Crippen molar-refractivity contribution in [2.24, 2.45) is 5.92 Å². The van der Waals surface area contributed by atoms with E-state index in [1.807, 2.05) is 51.2 Å². The van der Waals surface area contributed by atoms with E-state index in [-0.39, 0.29) is 24.3 Å². The second-order valence-electron chi connectivity index (χ2n) is 8.69. The molecule has 0 aliphatic carbocycles. The smallest absolute Gasteiger partial charge is 0.242 e. The van der Waals surface area contributed by atoms with Crippen LogP contribution in [0.15, 0.2) is 48.7 Å². The SMILES string of the molecule is CCC(=O)N(CC(=O)N(CCc1c[nH]c2ccccc12)Cc1ccc(Cl)c(Cl)c1)CC(C)C. The maximum atomic E-state index is 13.4. The maximum absolute atomic E-state index is 13.4. The second kappa shape index (κ2) is 11.6. The molecule has 1 aromatic heterocycles. The van der Waals surface area contributed by atoms with Gasteiger partial charge < -0.3 is 14.8 Å². The number of para-hydroxylation sites is 1. The van der Waals surface area contributed by atoms with Crippen molar-refractivity contribution < 1.29 is 9.59 Å². The van der Waals surface area contributed by atoms with Crippen molar-refractivity contribution in [1.82, 2.24) is 14.8 Å². The zero-order valence-electron chi connectivity index (χ0n) is 19.4. The predicted octanol–water partition coefficient (Wildman–Crippen LogP) is 5.94. The summed E-state index contributed by atoms with van der Waals surface area (Å²) in [5.74, 6) is 0.189. The topological polar surface area (TPSA) is 56.4 Å². The summed E-state index contributed by atoms with van der Waals surface area (Å²) in [5, 5.41) is 2.09. The van der Waals surface area contributed by atoms with Crippen molar-refractivity contribution in [3.05, 3.63) is 69.8 Å². The van der Waals surface area contributed by atoms with Crippen molar-refractivity contribution in [2.45, 2.75) is 40.2 Å². The van der Waals surface area contributed by atoms with Crippen LogP contribution in [0.4, 0.5) is 0 Å². The standard InChI is InChI=1S/C26H31Cl2N3O2/c1-4-25(32)31(15-18(2)3)17-26(33)30(16-19-9-10-22(27)23(28)13-19)12-11-20-14-29-24-8-6-5-7-21(20)24/h5-10,13-14,18,29H,4,11-12,15-17H2,1-3H3. The van der Waals surface area contributed by atoms with Gasteiger partial charge in [-0.25, -0.2) is 0 Å². The molecule has 1 N–H and O–H groups in total. The summed E-state index contributed by atoms with van der Waals surface area (Å²) in [6.45, 7) is 7.46. The Morgan fingerprint density at radius 1 is 1.00 bits per heavy atom. The first-order valence-electron chi connectivity index (χ1n) is 11.3. The number of aromatic amines is 1. The van der Waals surface area contributed by atoms with Gasteiger partial charge >= 0.3 is 0 Å². The molecule has 176 valence electrons. The van der Waals surface area contributed by atoms with Gasteiger partial charge in [0.1, 0.15) is 0 Å². The van der Waals surface area contributed by atoms with Gasteiger partial charge in [-0.15, -0.1) is 0 Å². The number of rotatable bonds is 10. The number of carbonyl (C=O) groups excluding carboxylic acids is 2. The van der Waals surface area contributed by atoms with Gasteiger partial charge in [-0.05, 0) is 41.7 Å². The predicted molar refractivity (Wildman–Crippen MR) is 136 cm³/mol. The molecule has 2 aromatic carbocycles. The van der Waals surface area contributed by atoms with Crippen LogP contribution in [-0.4, -0.2) is 46.2 Å². The highest BCUT2D eigenvalue weighted by molar-refractivity contribution is 6.42. The Balaban J connectivity index is 1.80. The Morgan fingerprint density at radius 3 is 2.45 bits per heavy atom. The second-order valence-corrected chi connectivity index (χ2v) is 9.51. The lowest BCUT2D eigenvalue weighted by Gasteiger charge is -2.29. The van der Waals surface area contributed by atoms with Gasteiger partial charge in [-0.1, -0.05) is 68.2 Å². The van der Waals surface area contributed by atoms with Crippen LogP contribution in [0.2, 0.25) is 10.0 Å². The van der Waals surface area contributed by atoms with Gasteiger partial charge in [0.2, 0.25) is 11.8 Å². The highest BCUT2D eigenvalue weighted by Crippen LogP contribution is 2.24. The summed E-state index contributed by atoms with van der Waals surface area (Å²) in [6.07, 6.45) is 3.07. The Hall–Kier alpha value is -2.50. The van der Waals surface area contributed by atoms with Gasteiger partial charge in [-0.3, -0.25) is 9.59 Å². The summed E-state index contributed by atoms with van der Waals surface area (Å²) >= 11 is 12.3. The van der Waals surface area contributed by atoms with Crippen molar-refractivity contribution in [2.75, 3.05) is 19.6 Å². The third kappa shape index (κ3) is 6.75. The molecule has 33 heavy (non-hydrogen) atoms. The molecule has 0 atom stereocenters. The first-order chi connectivity index (χ1) is 15.8. The molecule has 0 aliphatic rings. The number of amides is 2. The monoisotopic (exact) mass is 487 g/mol. The normalized spacial score (nSPS) is 11.2. The number of hydrogen-bond donors (Lipinski definition) is 1. The van der Waals surface area contributed by atoms with Crippen LogP contribution in [0.5, 0.6) is 0 Å². The van der Waals surface area contributed by atoms with Gasteiger partial charge in [0, 0.05) is 43.2 Å². The van der Waals surface area contributed by atoms with E-state index in [4.69, 9.17) is 23.2 Å². The summed E-state index contributed by atoms with van der Waals surface area (Å²) < 4.78 is 0. The molecule has 2 amide bonds. The molecule has 3 aromatic rings. The molecule has 0 spiro atoms. The van der Waals surface area contributed by atoms with Crippen LogP contribution in [0.25, 0.3) is 10.9 Å². The quantitative estimate of drug-likeness (QED) is 0.384. The van der Waals surface area contributed by atoms with E-state index < -0.39 is 0 Å². The molecule has 0 saturated heterocycles. The van der Waals surface area contributed by atoms with E-state index in [1.54, 1.807) is 21.9 Å². The maximum Gasteiger partial charge on any atom is 0.242 e. The van der Waals surface area contributed by atoms with Gasteiger partial charge in [0.15, 0.2) is 0 Å². The minimum absolute atomic E-state index is 0.0110. The van der Waals surface area contributed by atoms with Crippen molar-refractivity contribution in [3.63, 3.8) is 0 Å². The molecule has 0 bridgehead atoms.